The molecule has 0 unspecified atom stereocenters. The molecule has 0 fully saturated rings. The molecule has 140 valence electrons. The van der Waals surface area contributed by atoms with Crippen LogP contribution in [-0.2, 0) is 5.79 Å². The predicted molar refractivity (Wildman–Crippen MR) is 98.7 cm³/mol. The number of nitrogens with zero attached hydrogens (tertiary/aromatic N) is 1. The predicted octanol–water partition coefficient (Wildman–Crippen LogP) is 4.89. The van der Waals surface area contributed by atoms with Gasteiger partial charge in [0.25, 0.3) is 5.79 Å². The van der Waals surface area contributed by atoms with Crippen molar-refractivity contribution in [1.82, 2.24) is 4.90 Å². The Kier molecular flexibility index (Phi) is 4.23. The van der Waals surface area contributed by atoms with Crippen LogP contribution in [0, 0.1) is 5.82 Å². The van der Waals surface area contributed by atoms with Crippen LogP contribution in [0.15, 0.2) is 42.5 Å². The molecule has 0 saturated heterocycles. The molecular formula is C20H17ClFNO4. The van der Waals surface area contributed by atoms with E-state index in [0.717, 1.165) is 11.1 Å². The summed E-state index contributed by atoms with van der Waals surface area (Å²) in [5, 5.41) is 9.39. The Morgan fingerprint density at radius 2 is 2.11 bits per heavy atom. The highest BCUT2D eigenvalue weighted by Crippen LogP contribution is 2.48. The van der Waals surface area contributed by atoms with Crippen molar-refractivity contribution < 1.29 is 23.8 Å². The summed E-state index contributed by atoms with van der Waals surface area (Å²) >= 11 is 5.84. The molecule has 0 spiro atoms. The third-order valence-corrected chi connectivity index (χ3v) is 5.06. The molecule has 0 saturated carbocycles. The number of carbonyl (C=O) groups is 1. The van der Waals surface area contributed by atoms with Gasteiger partial charge in [0.2, 0.25) is 0 Å². The van der Waals surface area contributed by atoms with Gasteiger partial charge in [-0.15, -0.1) is 0 Å². The minimum absolute atomic E-state index is 0.253. The summed E-state index contributed by atoms with van der Waals surface area (Å²) in [4.78, 5) is 12.4. The SMILES string of the molecule is C[C@]1(c2ccc(Cl)cc2F)Oc2cccc(C3=CCN(C(=O)O)CC3)c2O1. The fourth-order valence-corrected chi connectivity index (χ4v) is 3.59. The van der Waals surface area contributed by atoms with E-state index < -0.39 is 17.7 Å². The zero-order valence-corrected chi connectivity index (χ0v) is 15.3. The van der Waals surface area contributed by atoms with Crippen LogP contribution in [-0.4, -0.2) is 29.2 Å². The van der Waals surface area contributed by atoms with Gasteiger partial charge < -0.3 is 19.5 Å². The number of para-hydroxylation sites is 1. The molecule has 7 heteroatoms. The highest BCUT2D eigenvalue weighted by Gasteiger charge is 2.42. The number of carboxylic acid groups (broad SMARTS) is 1. The average molecular weight is 390 g/mol. The van der Waals surface area contributed by atoms with Crippen LogP contribution >= 0.6 is 11.6 Å². The molecule has 2 aliphatic rings. The lowest BCUT2D eigenvalue weighted by Gasteiger charge is -2.25. The lowest BCUT2D eigenvalue weighted by Crippen LogP contribution is -2.33. The van der Waals surface area contributed by atoms with E-state index >= 15 is 0 Å². The summed E-state index contributed by atoms with van der Waals surface area (Å²) in [5.41, 5.74) is 2.06. The average Bonchev–Trinajstić information content (AvgIpc) is 2.98. The molecule has 2 aromatic rings. The maximum Gasteiger partial charge on any atom is 0.407 e. The normalized spacial score (nSPS) is 21.1. The van der Waals surface area contributed by atoms with Crippen LogP contribution in [0.1, 0.15) is 24.5 Å². The fraction of sp³-hybridized carbons (Fsp3) is 0.250. The third-order valence-electron chi connectivity index (χ3n) is 4.83. The van der Waals surface area contributed by atoms with Gasteiger partial charge in [-0.25, -0.2) is 9.18 Å². The van der Waals surface area contributed by atoms with Gasteiger partial charge in [-0.2, -0.15) is 0 Å². The molecule has 0 aromatic heterocycles. The molecule has 2 aliphatic heterocycles. The molecule has 1 amide bonds. The Morgan fingerprint density at radius 3 is 2.78 bits per heavy atom. The van der Waals surface area contributed by atoms with E-state index in [1.807, 2.05) is 18.2 Å². The van der Waals surface area contributed by atoms with Crippen molar-refractivity contribution in [3.63, 3.8) is 0 Å². The molecule has 1 atom stereocenters. The Balaban J connectivity index is 1.67. The summed E-state index contributed by atoms with van der Waals surface area (Å²) in [6.07, 6.45) is 1.50. The van der Waals surface area contributed by atoms with E-state index in [2.05, 4.69) is 0 Å². The molecular weight excluding hydrogens is 373 g/mol. The van der Waals surface area contributed by atoms with Crippen molar-refractivity contribution in [2.45, 2.75) is 19.1 Å². The van der Waals surface area contributed by atoms with E-state index in [4.69, 9.17) is 26.2 Å². The first-order valence-electron chi connectivity index (χ1n) is 8.51. The standard InChI is InChI=1S/C20H17ClFNO4/c1-20(15-6-5-13(21)11-16(15)22)26-17-4-2-3-14(18(17)27-20)12-7-9-23(10-8-12)19(24)25/h2-7,11H,8-10H2,1H3,(H,24,25)/t20-/m0/s1. The first kappa shape index (κ1) is 17.7. The maximum atomic E-state index is 14.4. The van der Waals surface area contributed by atoms with Gasteiger partial charge in [-0.1, -0.05) is 29.8 Å². The number of ether oxygens (including phenoxy) is 2. The number of amides is 1. The lowest BCUT2D eigenvalue weighted by atomic mass is 9.98. The van der Waals surface area contributed by atoms with Crippen LogP contribution in [0.25, 0.3) is 5.57 Å². The summed E-state index contributed by atoms with van der Waals surface area (Å²) in [7, 11) is 0. The Hall–Kier alpha value is -2.73. The van der Waals surface area contributed by atoms with Gasteiger partial charge in [-0.05, 0) is 36.3 Å². The first-order valence-corrected chi connectivity index (χ1v) is 8.89. The quantitative estimate of drug-likeness (QED) is 0.794. The molecule has 0 aliphatic carbocycles. The van der Waals surface area contributed by atoms with Crippen LogP contribution in [0.2, 0.25) is 5.02 Å². The molecule has 0 bridgehead atoms. The second kappa shape index (κ2) is 6.46. The number of fused-ring (bicyclic) bond motifs is 1. The summed E-state index contributed by atoms with van der Waals surface area (Å²) in [6.45, 7) is 2.39. The van der Waals surface area contributed by atoms with Gasteiger partial charge in [0.05, 0.1) is 5.56 Å². The lowest BCUT2D eigenvalue weighted by molar-refractivity contribution is -0.0708. The van der Waals surface area contributed by atoms with Crippen molar-refractivity contribution >= 4 is 23.3 Å². The summed E-state index contributed by atoms with van der Waals surface area (Å²) < 4.78 is 26.5. The minimum atomic E-state index is -1.31. The molecule has 4 rings (SSSR count). The van der Waals surface area contributed by atoms with Crippen LogP contribution in [0.4, 0.5) is 9.18 Å². The minimum Gasteiger partial charge on any atom is -0.465 e. The van der Waals surface area contributed by atoms with Crippen molar-refractivity contribution in [2.24, 2.45) is 0 Å². The van der Waals surface area contributed by atoms with Gasteiger partial charge in [0, 0.05) is 30.6 Å². The maximum absolute atomic E-state index is 14.4. The van der Waals surface area contributed by atoms with Crippen molar-refractivity contribution in [1.29, 1.82) is 0 Å². The molecule has 0 radical (unpaired) electrons. The smallest absolute Gasteiger partial charge is 0.407 e. The van der Waals surface area contributed by atoms with Crippen molar-refractivity contribution in [3.8, 4) is 11.5 Å². The van der Waals surface area contributed by atoms with E-state index in [1.54, 1.807) is 25.1 Å². The first-order chi connectivity index (χ1) is 12.9. The molecule has 5 nitrogen and oxygen atoms in total. The van der Waals surface area contributed by atoms with E-state index in [0.29, 0.717) is 36.0 Å². The zero-order chi connectivity index (χ0) is 19.2. The van der Waals surface area contributed by atoms with E-state index in [1.165, 1.54) is 11.0 Å². The summed E-state index contributed by atoms with van der Waals surface area (Å²) in [6, 6.07) is 9.87. The Bertz CT molecular complexity index is 961. The third kappa shape index (κ3) is 3.10. The number of halogens is 2. The topological polar surface area (TPSA) is 59.0 Å². The molecule has 27 heavy (non-hydrogen) atoms. The van der Waals surface area contributed by atoms with Crippen LogP contribution in [0.5, 0.6) is 11.5 Å². The zero-order valence-electron chi connectivity index (χ0n) is 14.5. The molecule has 1 N–H and O–H groups in total. The monoisotopic (exact) mass is 389 g/mol. The second-order valence-electron chi connectivity index (χ2n) is 6.61. The largest absolute Gasteiger partial charge is 0.465 e. The Morgan fingerprint density at radius 1 is 1.30 bits per heavy atom. The number of rotatable bonds is 2. The number of hydrogen-bond donors (Lipinski definition) is 1. The Labute approximate surface area is 160 Å². The van der Waals surface area contributed by atoms with E-state index in [-0.39, 0.29) is 5.56 Å². The fourth-order valence-electron chi connectivity index (χ4n) is 3.43. The highest BCUT2D eigenvalue weighted by atomic mass is 35.5. The van der Waals surface area contributed by atoms with Crippen molar-refractivity contribution in [3.05, 3.63) is 64.4 Å². The van der Waals surface area contributed by atoms with Gasteiger partial charge in [-0.3, -0.25) is 0 Å². The van der Waals surface area contributed by atoms with Gasteiger partial charge in [0.15, 0.2) is 11.5 Å². The number of benzene rings is 2. The van der Waals surface area contributed by atoms with Gasteiger partial charge in [0.1, 0.15) is 5.82 Å². The highest BCUT2D eigenvalue weighted by molar-refractivity contribution is 6.30. The number of hydrogen-bond acceptors (Lipinski definition) is 3. The second-order valence-corrected chi connectivity index (χ2v) is 7.05. The molecule has 2 aromatic carbocycles. The van der Waals surface area contributed by atoms with Crippen LogP contribution in [0.3, 0.4) is 0 Å². The molecule has 2 heterocycles. The van der Waals surface area contributed by atoms with Gasteiger partial charge >= 0.3 is 6.09 Å². The van der Waals surface area contributed by atoms with E-state index in [9.17, 15) is 9.18 Å². The summed E-state index contributed by atoms with van der Waals surface area (Å²) in [5.74, 6) is -0.765. The van der Waals surface area contributed by atoms with Crippen LogP contribution < -0.4 is 9.47 Å². The van der Waals surface area contributed by atoms with Crippen molar-refractivity contribution in [2.75, 3.05) is 13.1 Å².